The van der Waals surface area contributed by atoms with E-state index in [9.17, 15) is 0 Å². The Bertz CT molecular complexity index is 244. The second kappa shape index (κ2) is 4.28. The van der Waals surface area contributed by atoms with Crippen LogP contribution in [0.3, 0.4) is 0 Å². The molecule has 1 fully saturated rings. The summed E-state index contributed by atoms with van der Waals surface area (Å²) in [7, 11) is 0. The third-order valence-corrected chi connectivity index (χ3v) is 3.23. The lowest BCUT2D eigenvalue weighted by Gasteiger charge is -2.37. The normalized spacial score (nSPS) is 28.3. The van der Waals surface area contributed by atoms with Gasteiger partial charge < -0.3 is 14.6 Å². The van der Waals surface area contributed by atoms with Crippen molar-refractivity contribution in [3.63, 3.8) is 0 Å². The van der Waals surface area contributed by atoms with E-state index in [2.05, 4.69) is 27.7 Å². The minimum absolute atomic E-state index is 0.0139. The van der Waals surface area contributed by atoms with E-state index >= 15 is 0 Å². The van der Waals surface area contributed by atoms with Gasteiger partial charge in [-0.15, -0.1) is 0 Å². The summed E-state index contributed by atoms with van der Waals surface area (Å²) in [5.74, 6) is -0.509. The Morgan fingerprint density at radius 1 is 1.19 bits per heavy atom. The summed E-state index contributed by atoms with van der Waals surface area (Å²) in [6, 6.07) is 0. The number of hydrogen-bond donors (Lipinski definition) is 1. The van der Waals surface area contributed by atoms with Crippen LogP contribution in [0.4, 0.5) is 0 Å². The Labute approximate surface area is 99.1 Å². The molecule has 0 radical (unpaired) electrons. The molecule has 1 atom stereocenters. The zero-order chi connectivity index (χ0) is 12.6. The Kier molecular flexibility index (Phi) is 3.73. The van der Waals surface area contributed by atoms with Gasteiger partial charge in [0.25, 0.3) is 0 Å². The fourth-order valence-corrected chi connectivity index (χ4v) is 2.90. The highest BCUT2D eigenvalue weighted by molar-refractivity contribution is 4.97. The maximum absolute atomic E-state index is 8.93. The van der Waals surface area contributed by atoms with Gasteiger partial charge in [-0.05, 0) is 46.0 Å². The molecular formula is C13H26O3. The molecule has 1 heterocycles. The van der Waals surface area contributed by atoms with Crippen molar-refractivity contribution in [1.82, 2.24) is 0 Å². The van der Waals surface area contributed by atoms with Crippen LogP contribution in [0.15, 0.2) is 0 Å². The predicted molar refractivity (Wildman–Crippen MR) is 64.2 cm³/mol. The number of aliphatic hydroxyl groups is 1. The average molecular weight is 230 g/mol. The summed E-state index contributed by atoms with van der Waals surface area (Å²) < 4.78 is 12.0. The van der Waals surface area contributed by atoms with E-state index < -0.39 is 5.79 Å². The van der Waals surface area contributed by atoms with Crippen LogP contribution >= 0.6 is 0 Å². The van der Waals surface area contributed by atoms with E-state index in [1.807, 2.05) is 13.8 Å². The molecule has 0 amide bonds. The first-order chi connectivity index (χ1) is 7.11. The number of ether oxygens (including phenoxy) is 2. The summed E-state index contributed by atoms with van der Waals surface area (Å²) in [6.07, 6.45) is 1.81. The zero-order valence-corrected chi connectivity index (χ0v) is 11.5. The van der Waals surface area contributed by atoms with Gasteiger partial charge in [-0.2, -0.15) is 0 Å². The van der Waals surface area contributed by atoms with E-state index in [0.29, 0.717) is 0 Å². The first-order valence-corrected chi connectivity index (χ1v) is 6.10. The van der Waals surface area contributed by atoms with Crippen molar-refractivity contribution in [3.8, 4) is 0 Å². The van der Waals surface area contributed by atoms with E-state index in [4.69, 9.17) is 14.6 Å². The summed E-state index contributed by atoms with van der Waals surface area (Å²) in [5.41, 5.74) is -0.261. The van der Waals surface area contributed by atoms with Crippen LogP contribution in [0.1, 0.15) is 54.4 Å². The molecule has 1 N–H and O–H groups in total. The summed E-state index contributed by atoms with van der Waals surface area (Å²) in [6.45, 7) is 12.7. The van der Waals surface area contributed by atoms with Crippen molar-refractivity contribution in [1.29, 1.82) is 0 Å². The van der Waals surface area contributed by atoms with Gasteiger partial charge >= 0.3 is 0 Å². The van der Waals surface area contributed by atoms with Crippen LogP contribution in [0.5, 0.6) is 0 Å². The number of rotatable bonds is 4. The van der Waals surface area contributed by atoms with E-state index in [1.165, 1.54) is 0 Å². The van der Waals surface area contributed by atoms with Crippen LogP contribution < -0.4 is 0 Å². The molecule has 3 heteroatoms. The number of aliphatic hydroxyl groups excluding tert-OH is 1. The quantitative estimate of drug-likeness (QED) is 0.807. The van der Waals surface area contributed by atoms with Gasteiger partial charge in [-0.3, -0.25) is 0 Å². The third-order valence-electron chi connectivity index (χ3n) is 3.23. The Hall–Kier alpha value is -0.120. The monoisotopic (exact) mass is 230 g/mol. The molecule has 0 aromatic rings. The first-order valence-electron chi connectivity index (χ1n) is 6.10. The molecule has 0 aliphatic carbocycles. The average Bonchev–Trinajstić information content (AvgIpc) is 2.31. The van der Waals surface area contributed by atoms with Gasteiger partial charge in [0.05, 0.1) is 11.7 Å². The van der Waals surface area contributed by atoms with Crippen molar-refractivity contribution in [3.05, 3.63) is 0 Å². The number of hydrogen-bond acceptors (Lipinski definition) is 3. The predicted octanol–water partition coefficient (Wildman–Crippen LogP) is 2.72. The molecule has 96 valence electrons. The molecule has 1 unspecified atom stereocenters. The molecule has 1 aliphatic rings. The maximum atomic E-state index is 8.93. The van der Waals surface area contributed by atoms with Gasteiger partial charge in [0.1, 0.15) is 0 Å². The van der Waals surface area contributed by atoms with E-state index in [1.54, 1.807) is 0 Å². The molecule has 0 bridgehead atoms. The molecule has 16 heavy (non-hydrogen) atoms. The molecule has 1 aliphatic heterocycles. The third kappa shape index (κ3) is 2.96. The van der Waals surface area contributed by atoms with Crippen molar-refractivity contribution < 1.29 is 14.6 Å². The topological polar surface area (TPSA) is 38.7 Å². The Balaban J connectivity index is 2.79. The fourth-order valence-electron chi connectivity index (χ4n) is 2.90. The van der Waals surface area contributed by atoms with Crippen LogP contribution in [0.2, 0.25) is 0 Å². The molecule has 0 saturated carbocycles. The molecular weight excluding hydrogens is 204 g/mol. The lowest BCUT2D eigenvalue weighted by Crippen LogP contribution is -2.44. The summed E-state index contributed by atoms with van der Waals surface area (Å²) in [4.78, 5) is 0. The first kappa shape index (κ1) is 13.9. The highest BCUT2D eigenvalue weighted by atomic mass is 16.8. The van der Waals surface area contributed by atoms with Gasteiger partial charge in [0.15, 0.2) is 5.79 Å². The highest BCUT2D eigenvalue weighted by Crippen LogP contribution is 2.45. The van der Waals surface area contributed by atoms with Crippen LogP contribution in [-0.4, -0.2) is 29.2 Å². The highest BCUT2D eigenvalue weighted by Gasteiger charge is 2.52. The molecule has 0 spiro atoms. The Morgan fingerprint density at radius 2 is 1.75 bits per heavy atom. The van der Waals surface area contributed by atoms with Gasteiger partial charge in [-0.25, -0.2) is 0 Å². The SMILES string of the molecule is CC1(C)OC(C(C)(C)CCCO)C(C)(C)O1. The van der Waals surface area contributed by atoms with E-state index in [-0.39, 0.29) is 23.7 Å². The minimum atomic E-state index is -0.509. The van der Waals surface area contributed by atoms with Crippen molar-refractivity contribution >= 4 is 0 Å². The second-order valence-electron chi connectivity index (χ2n) is 6.42. The maximum Gasteiger partial charge on any atom is 0.164 e. The van der Waals surface area contributed by atoms with Crippen molar-refractivity contribution in [2.75, 3.05) is 6.61 Å². The zero-order valence-electron chi connectivity index (χ0n) is 11.5. The molecule has 1 rings (SSSR count). The minimum Gasteiger partial charge on any atom is -0.396 e. The second-order valence-corrected chi connectivity index (χ2v) is 6.42. The van der Waals surface area contributed by atoms with Crippen LogP contribution in [0.25, 0.3) is 0 Å². The molecule has 1 saturated heterocycles. The smallest absolute Gasteiger partial charge is 0.164 e. The van der Waals surface area contributed by atoms with Crippen LogP contribution in [-0.2, 0) is 9.47 Å². The Morgan fingerprint density at radius 3 is 2.12 bits per heavy atom. The summed E-state index contributed by atoms with van der Waals surface area (Å²) >= 11 is 0. The van der Waals surface area contributed by atoms with Crippen molar-refractivity contribution in [2.24, 2.45) is 5.41 Å². The van der Waals surface area contributed by atoms with Gasteiger partial charge in [0.2, 0.25) is 0 Å². The molecule has 0 aromatic carbocycles. The molecule has 0 aromatic heterocycles. The summed E-state index contributed by atoms with van der Waals surface area (Å²) in [5, 5.41) is 8.93. The lowest BCUT2D eigenvalue weighted by atomic mass is 9.75. The van der Waals surface area contributed by atoms with Gasteiger partial charge in [0, 0.05) is 6.61 Å². The van der Waals surface area contributed by atoms with E-state index in [0.717, 1.165) is 12.8 Å². The standard InChI is InChI=1S/C13H26O3/c1-11(2,8-7-9-14)10-12(3,4)16-13(5,6)15-10/h10,14H,7-9H2,1-6H3. The lowest BCUT2D eigenvalue weighted by molar-refractivity contribution is -0.162. The molecule has 3 nitrogen and oxygen atoms in total. The largest absolute Gasteiger partial charge is 0.396 e. The van der Waals surface area contributed by atoms with Crippen LogP contribution in [0, 0.1) is 5.41 Å². The van der Waals surface area contributed by atoms with Crippen molar-refractivity contribution in [2.45, 2.75) is 71.9 Å². The fraction of sp³-hybridized carbons (Fsp3) is 1.00. The van der Waals surface area contributed by atoms with Gasteiger partial charge in [-0.1, -0.05) is 13.8 Å².